The van der Waals surface area contributed by atoms with Gasteiger partial charge in [0.2, 0.25) is 10.0 Å². The zero-order valence-electron chi connectivity index (χ0n) is 14.1. The van der Waals surface area contributed by atoms with Crippen molar-refractivity contribution in [2.75, 3.05) is 0 Å². The van der Waals surface area contributed by atoms with E-state index in [9.17, 15) is 21.6 Å². The van der Waals surface area contributed by atoms with E-state index >= 15 is 0 Å². The summed E-state index contributed by atoms with van der Waals surface area (Å²) in [6, 6.07) is 4.24. The van der Waals surface area contributed by atoms with Gasteiger partial charge in [-0.15, -0.1) is 13.2 Å². The lowest BCUT2D eigenvalue weighted by atomic mass is 10.0. The molecule has 2 aliphatic heterocycles. The molecule has 2 aliphatic rings. The number of hydrogen-bond donors (Lipinski definition) is 0. The third-order valence-electron chi connectivity index (χ3n) is 5.03. The van der Waals surface area contributed by atoms with E-state index in [4.69, 9.17) is 0 Å². The van der Waals surface area contributed by atoms with E-state index in [1.807, 2.05) is 0 Å². The van der Waals surface area contributed by atoms with Crippen LogP contribution in [0.5, 0.6) is 5.75 Å². The fourth-order valence-electron chi connectivity index (χ4n) is 4.09. The van der Waals surface area contributed by atoms with Crippen LogP contribution in [-0.2, 0) is 10.0 Å². The van der Waals surface area contributed by atoms with Crippen LogP contribution in [0.1, 0.15) is 31.7 Å². The van der Waals surface area contributed by atoms with Crippen molar-refractivity contribution in [3.05, 3.63) is 36.7 Å². The number of piperidine rings is 1. The molecule has 1 aromatic heterocycles. The molecule has 7 nitrogen and oxygen atoms in total. The number of alkyl halides is 3. The molecule has 0 aliphatic carbocycles. The molecular formula is C16H17F3N4O3S. The third kappa shape index (κ3) is 3.41. The van der Waals surface area contributed by atoms with Gasteiger partial charge < -0.3 is 4.74 Å². The second-order valence-electron chi connectivity index (χ2n) is 6.69. The van der Waals surface area contributed by atoms with Crippen molar-refractivity contribution in [1.29, 1.82) is 0 Å². The van der Waals surface area contributed by atoms with Crippen molar-refractivity contribution < 1.29 is 26.3 Å². The summed E-state index contributed by atoms with van der Waals surface area (Å²) in [4.78, 5) is 1.12. The lowest BCUT2D eigenvalue weighted by Crippen LogP contribution is -2.47. The largest absolute Gasteiger partial charge is 0.573 e. The highest BCUT2D eigenvalue weighted by molar-refractivity contribution is 7.89. The monoisotopic (exact) mass is 402 g/mol. The smallest absolute Gasteiger partial charge is 0.404 e. The Morgan fingerprint density at radius 2 is 1.59 bits per heavy atom. The molecule has 2 bridgehead atoms. The first kappa shape index (κ1) is 18.2. The second kappa shape index (κ2) is 6.48. The Kier molecular flexibility index (Phi) is 4.38. The van der Waals surface area contributed by atoms with E-state index in [1.165, 1.54) is 16.4 Å². The standard InChI is InChI=1S/C16H17F3N4O3S/c17-16(18,19)26-14-3-1-2-4-15(14)27(24,25)22-11-5-6-12(22)10-13(9-11)23-20-7-8-21-23/h1-4,7-8,11-13H,5-6,9-10H2. The molecule has 2 saturated heterocycles. The van der Waals surface area contributed by atoms with Crippen LogP contribution in [0.15, 0.2) is 41.6 Å². The Labute approximate surface area is 153 Å². The maximum absolute atomic E-state index is 13.2. The van der Waals surface area contributed by atoms with Gasteiger partial charge in [-0.1, -0.05) is 12.1 Å². The van der Waals surface area contributed by atoms with Gasteiger partial charge >= 0.3 is 6.36 Å². The first-order chi connectivity index (χ1) is 12.8. The molecule has 2 aromatic rings. The summed E-state index contributed by atoms with van der Waals surface area (Å²) in [5, 5.41) is 8.26. The lowest BCUT2D eigenvalue weighted by molar-refractivity contribution is -0.275. The van der Waals surface area contributed by atoms with Gasteiger partial charge in [-0.3, -0.25) is 0 Å². The minimum Gasteiger partial charge on any atom is -0.404 e. The molecule has 2 atom stereocenters. The highest BCUT2D eigenvalue weighted by Gasteiger charge is 2.49. The SMILES string of the molecule is O=S(=O)(c1ccccc1OC(F)(F)F)N1C2CCC1CC(n1nccn1)C2. The number of ether oxygens (including phenoxy) is 1. The number of fused-ring (bicyclic) bond motifs is 2. The van der Waals surface area contributed by atoms with Crippen LogP contribution in [0.3, 0.4) is 0 Å². The van der Waals surface area contributed by atoms with Crippen molar-refractivity contribution in [3.63, 3.8) is 0 Å². The summed E-state index contributed by atoms with van der Waals surface area (Å²) in [6.45, 7) is 0. The van der Waals surface area contributed by atoms with E-state index in [1.54, 1.807) is 17.2 Å². The summed E-state index contributed by atoms with van der Waals surface area (Å²) in [5.74, 6) is -0.708. The number of sulfonamides is 1. The van der Waals surface area contributed by atoms with Gasteiger partial charge in [0, 0.05) is 12.1 Å². The normalized spacial score (nSPS) is 26.3. The second-order valence-corrected chi connectivity index (χ2v) is 8.50. The van der Waals surface area contributed by atoms with Gasteiger partial charge in [0.1, 0.15) is 10.6 Å². The van der Waals surface area contributed by atoms with Crippen LogP contribution in [-0.4, -0.2) is 46.2 Å². The number of halogens is 3. The van der Waals surface area contributed by atoms with Crippen molar-refractivity contribution in [2.45, 2.75) is 55.1 Å². The maximum atomic E-state index is 13.2. The fourth-order valence-corrected chi connectivity index (χ4v) is 6.10. The van der Waals surface area contributed by atoms with Gasteiger partial charge in [-0.05, 0) is 37.8 Å². The van der Waals surface area contributed by atoms with Crippen LogP contribution >= 0.6 is 0 Å². The third-order valence-corrected chi connectivity index (χ3v) is 7.08. The molecule has 1 aromatic carbocycles. The van der Waals surface area contributed by atoms with E-state index < -0.39 is 27.0 Å². The van der Waals surface area contributed by atoms with E-state index in [-0.39, 0.29) is 18.1 Å². The number of aromatic nitrogens is 3. The Morgan fingerprint density at radius 1 is 1.00 bits per heavy atom. The highest BCUT2D eigenvalue weighted by atomic mass is 32.2. The van der Waals surface area contributed by atoms with Crippen molar-refractivity contribution >= 4 is 10.0 Å². The minimum absolute atomic E-state index is 0.0226. The molecule has 0 spiro atoms. The van der Waals surface area contributed by atoms with Crippen LogP contribution in [0.4, 0.5) is 13.2 Å². The van der Waals surface area contributed by atoms with Crippen molar-refractivity contribution in [3.8, 4) is 5.75 Å². The molecular weight excluding hydrogens is 385 g/mol. The lowest BCUT2D eigenvalue weighted by Gasteiger charge is -2.37. The molecule has 11 heteroatoms. The number of benzene rings is 1. The summed E-state index contributed by atoms with van der Waals surface area (Å²) in [7, 11) is -4.13. The average Bonchev–Trinajstić information content (AvgIpc) is 3.21. The fraction of sp³-hybridized carbons (Fsp3) is 0.500. The first-order valence-electron chi connectivity index (χ1n) is 8.50. The molecule has 0 amide bonds. The Morgan fingerprint density at radius 3 is 2.19 bits per heavy atom. The van der Waals surface area contributed by atoms with Crippen molar-refractivity contribution in [2.24, 2.45) is 0 Å². The van der Waals surface area contributed by atoms with E-state index in [0.29, 0.717) is 25.7 Å². The molecule has 27 heavy (non-hydrogen) atoms. The van der Waals surface area contributed by atoms with Crippen LogP contribution in [0.2, 0.25) is 0 Å². The minimum atomic E-state index is -4.97. The van der Waals surface area contributed by atoms with Crippen molar-refractivity contribution in [1.82, 2.24) is 19.3 Å². The Balaban J connectivity index is 1.64. The van der Waals surface area contributed by atoms with Crippen LogP contribution < -0.4 is 4.74 Å². The molecule has 0 N–H and O–H groups in total. The van der Waals surface area contributed by atoms with E-state index in [0.717, 1.165) is 12.1 Å². The summed E-state index contributed by atoms with van der Waals surface area (Å²) in [6.07, 6.45) is 0.516. The molecule has 3 heterocycles. The average molecular weight is 402 g/mol. The van der Waals surface area contributed by atoms with Gasteiger partial charge in [0.25, 0.3) is 0 Å². The van der Waals surface area contributed by atoms with Crippen LogP contribution in [0.25, 0.3) is 0 Å². The maximum Gasteiger partial charge on any atom is 0.573 e. The number of rotatable bonds is 4. The van der Waals surface area contributed by atoms with E-state index in [2.05, 4.69) is 14.9 Å². The molecule has 0 saturated carbocycles. The quantitative estimate of drug-likeness (QED) is 0.786. The molecule has 146 valence electrons. The zero-order chi connectivity index (χ0) is 19.2. The molecule has 0 radical (unpaired) electrons. The van der Waals surface area contributed by atoms with Crippen LogP contribution in [0, 0.1) is 0 Å². The number of para-hydroxylation sites is 1. The number of hydrogen-bond acceptors (Lipinski definition) is 5. The predicted octanol–water partition coefficient (Wildman–Crippen LogP) is 2.73. The summed E-state index contributed by atoms with van der Waals surface area (Å²) < 4.78 is 69.7. The molecule has 2 fully saturated rings. The Bertz CT molecular complexity index is 903. The van der Waals surface area contributed by atoms with Gasteiger partial charge in [0.05, 0.1) is 18.4 Å². The summed E-state index contributed by atoms with van der Waals surface area (Å²) >= 11 is 0. The number of nitrogens with zero attached hydrogens (tertiary/aromatic N) is 4. The Hall–Kier alpha value is -2.14. The van der Waals surface area contributed by atoms with Gasteiger partial charge in [-0.25, -0.2) is 8.42 Å². The highest BCUT2D eigenvalue weighted by Crippen LogP contribution is 2.44. The van der Waals surface area contributed by atoms with Gasteiger partial charge in [0.15, 0.2) is 0 Å². The first-order valence-corrected chi connectivity index (χ1v) is 9.94. The molecule has 2 unspecified atom stereocenters. The zero-order valence-corrected chi connectivity index (χ0v) is 14.9. The predicted molar refractivity (Wildman–Crippen MR) is 87.3 cm³/mol. The van der Waals surface area contributed by atoms with Gasteiger partial charge in [-0.2, -0.15) is 19.3 Å². The molecule has 4 rings (SSSR count). The topological polar surface area (TPSA) is 77.3 Å². The summed E-state index contributed by atoms with van der Waals surface area (Å²) in [5.41, 5.74) is 0.